The number of ether oxygens (including phenoxy) is 1. The number of carbonyl (C=O) groups is 1. The molecule has 1 amide bonds. The molecule has 1 aromatic heterocycles. The van der Waals surface area contributed by atoms with Gasteiger partial charge in [0.05, 0.1) is 19.1 Å². The summed E-state index contributed by atoms with van der Waals surface area (Å²) in [6, 6.07) is 5.16. The van der Waals surface area contributed by atoms with Crippen LogP contribution in [-0.2, 0) is 16.1 Å². The lowest BCUT2D eigenvalue weighted by atomic mass is 9.92. The molecule has 6 heteroatoms. The number of amides is 1. The summed E-state index contributed by atoms with van der Waals surface area (Å²) >= 11 is 1.92. The van der Waals surface area contributed by atoms with Gasteiger partial charge in [-0.1, -0.05) is 0 Å². The van der Waals surface area contributed by atoms with Crippen molar-refractivity contribution in [3.63, 3.8) is 0 Å². The van der Waals surface area contributed by atoms with Gasteiger partial charge in [-0.3, -0.25) is 14.6 Å². The summed E-state index contributed by atoms with van der Waals surface area (Å²) in [5, 5.41) is 0. The number of nitrogens with zero attached hydrogens (tertiary/aromatic N) is 3. The molecule has 0 radical (unpaired) electrons. The maximum absolute atomic E-state index is 12.9. The quantitative estimate of drug-likeness (QED) is 0.790. The normalized spacial score (nSPS) is 26.4. The summed E-state index contributed by atoms with van der Waals surface area (Å²) in [4.78, 5) is 23.0. The van der Waals surface area contributed by atoms with Gasteiger partial charge in [0.2, 0.25) is 5.91 Å². The number of likely N-dealkylation sites (tertiary alicyclic amines) is 2. The highest BCUT2D eigenvalue weighted by molar-refractivity contribution is 7.11. The van der Waals surface area contributed by atoms with Gasteiger partial charge in [-0.05, 0) is 51.3 Å². The number of piperidine rings is 2. The molecule has 3 aliphatic rings. The predicted octanol–water partition coefficient (Wildman–Crippen LogP) is 2.59. The van der Waals surface area contributed by atoms with Crippen molar-refractivity contribution < 1.29 is 9.53 Å². The van der Waals surface area contributed by atoms with Crippen molar-refractivity contribution in [3.8, 4) is 0 Å². The third kappa shape index (κ3) is 4.91. The molecule has 0 aromatic carbocycles. The number of hydrogen-bond donors (Lipinski definition) is 0. The third-order valence-electron chi connectivity index (χ3n) is 6.37. The van der Waals surface area contributed by atoms with Crippen molar-refractivity contribution in [3.05, 3.63) is 21.9 Å². The lowest BCUT2D eigenvalue weighted by molar-refractivity contribution is -0.142. The van der Waals surface area contributed by atoms with E-state index in [4.69, 9.17) is 4.74 Å². The van der Waals surface area contributed by atoms with Crippen LogP contribution in [0.15, 0.2) is 12.1 Å². The highest BCUT2D eigenvalue weighted by atomic mass is 32.1. The van der Waals surface area contributed by atoms with E-state index in [1.165, 1.54) is 42.2 Å². The second kappa shape index (κ2) is 9.03. The average Bonchev–Trinajstić information content (AvgIpc) is 3.13. The lowest BCUT2D eigenvalue weighted by Crippen LogP contribution is -2.52. The van der Waals surface area contributed by atoms with Crippen LogP contribution in [0, 0.1) is 12.8 Å². The minimum atomic E-state index is 0.198. The fraction of sp³-hybridized carbons (Fsp3) is 0.762. The molecule has 0 saturated carbocycles. The van der Waals surface area contributed by atoms with Crippen molar-refractivity contribution in [1.29, 1.82) is 0 Å². The maximum atomic E-state index is 12.9. The Balaban J connectivity index is 1.26. The van der Waals surface area contributed by atoms with E-state index >= 15 is 0 Å². The third-order valence-corrected chi connectivity index (χ3v) is 7.36. The first-order valence-corrected chi connectivity index (χ1v) is 11.4. The van der Waals surface area contributed by atoms with E-state index in [1.54, 1.807) is 0 Å². The molecular weight excluding hydrogens is 358 g/mol. The SMILES string of the molecule is Cc1ccc(CN2CCC(N3CCCC(C(=O)N4CCOCC4)C3)CC2)s1. The topological polar surface area (TPSA) is 36.0 Å². The van der Waals surface area contributed by atoms with Crippen molar-refractivity contribution >= 4 is 17.2 Å². The zero-order valence-electron chi connectivity index (χ0n) is 16.6. The molecular formula is C21H33N3O2S. The minimum absolute atomic E-state index is 0.198. The minimum Gasteiger partial charge on any atom is -0.378 e. The Kier molecular flexibility index (Phi) is 6.48. The molecule has 1 aromatic rings. The molecule has 0 aliphatic carbocycles. The van der Waals surface area contributed by atoms with Gasteiger partial charge in [0.25, 0.3) is 0 Å². The molecule has 1 unspecified atom stereocenters. The van der Waals surface area contributed by atoms with Crippen molar-refractivity contribution in [2.24, 2.45) is 5.92 Å². The zero-order valence-corrected chi connectivity index (χ0v) is 17.4. The summed E-state index contributed by atoms with van der Waals surface area (Å²) in [7, 11) is 0. The van der Waals surface area contributed by atoms with E-state index in [-0.39, 0.29) is 5.92 Å². The molecule has 150 valence electrons. The molecule has 27 heavy (non-hydrogen) atoms. The number of hydrogen-bond acceptors (Lipinski definition) is 5. The van der Waals surface area contributed by atoms with Gasteiger partial charge in [-0.15, -0.1) is 11.3 Å². The molecule has 0 bridgehead atoms. The van der Waals surface area contributed by atoms with Crippen LogP contribution in [0.1, 0.15) is 35.4 Å². The van der Waals surface area contributed by atoms with E-state index in [0.717, 1.165) is 39.0 Å². The van der Waals surface area contributed by atoms with Gasteiger partial charge in [-0.2, -0.15) is 0 Å². The molecule has 3 fully saturated rings. The second-order valence-electron chi connectivity index (χ2n) is 8.29. The van der Waals surface area contributed by atoms with E-state index in [2.05, 4.69) is 28.9 Å². The smallest absolute Gasteiger partial charge is 0.227 e. The Morgan fingerprint density at radius 2 is 1.89 bits per heavy atom. The van der Waals surface area contributed by atoms with E-state index in [1.807, 2.05) is 16.2 Å². The fourth-order valence-electron chi connectivity index (χ4n) is 4.81. The lowest BCUT2D eigenvalue weighted by Gasteiger charge is -2.43. The Morgan fingerprint density at radius 1 is 1.11 bits per heavy atom. The molecule has 3 saturated heterocycles. The number of aryl methyl sites for hydroxylation is 1. The Labute approximate surface area is 167 Å². The summed E-state index contributed by atoms with van der Waals surface area (Å²) in [5.41, 5.74) is 0. The van der Waals surface area contributed by atoms with Gasteiger partial charge in [-0.25, -0.2) is 0 Å². The Bertz CT molecular complexity index is 621. The number of morpholine rings is 1. The highest BCUT2D eigenvalue weighted by Gasteiger charge is 2.33. The summed E-state index contributed by atoms with van der Waals surface area (Å²) in [5.74, 6) is 0.567. The van der Waals surface area contributed by atoms with Crippen LogP contribution >= 0.6 is 11.3 Å². The van der Waals surface area contributed by atoms with Crippen LogP contribution in [-0.4, -0.2) is 79.1 Å². The van der Waals surface area contributed by atoms with Crippen LogP contribution in [0.4, 0.5) is 0 Å². The Hall–Kier alpha value is -0.950. The number of rotatable bonds is 4. The summed E-state index contributed by atoms with van der Waals surface area (Å²) in [6.07, 6.45) is 4.70. The molecule has 0 N–H and O–H groups in total. The van der Waals surface area contributed by atoms with Gasteiger partial charge in [0.15, 0.2) is 0 Å². The van der Waals surface area contributed by atoms with Gasteiger partial charge in [0, 0.05) is 55.1 Å². The first-order chi connectivity index (χ1) is 13.2. The number of carbonyl (C=O) groups excluding carboxylic acids is 1. The largest absolute Gasteiger partial charge is 0.378 e. The van der Waals surface area contributed by atoms with Crippen LogP contribution in [0.3, 0.4) is 0 Å². The van der Waals surface area contributed by atoms with Gasteiger partial charge in [0.1, 0.15) is 0 Å². The van der Waals surface area contributed by atoms with Crippen molar-refractivity contribution in [2.45, 2.75) is 45.2 Å². The van der Waals surface area contributed by atoms with Crippen molar-refractivity contribution in [2.75, 3.05) is 52.5 Å². The van der Waals surface area contributed by atoms with Crippen LogP contribution in [0.25, 0.3) is 0 Å². The van der Waals surface area contributed by atoms with Crippen LogP contribution in [0.2, 0.25) is 0 Å². The van der Waals surface area contributed by atoms with Crippen LogP contribution in [0.5, 0.6) is 0 Å². The predicted molar refractivity (Wildman–Crippen MR) is 109 cm³/mol. The number of thiophene rings is 1. The van der Waals surface area contributed by atoms with Gasteiger partial charge < -0.3 is 9.64 Å². The molecule has 5 nitrogen and oxygen atoms in total. The van der Waals surface area contributed by atoms with Gasteiger partial charge >= 0.3 is 0 Å². The van der Waals surface area contributed by atoms with E-state index in [9.17, 15) is 4.79 Å². The summed E-state index contributed by atoms with van der Waals surface area (Å²) < 4.78 is 5.40. The van der Waals surface area contributed by atoms with Crippen LogP contribution < -0.4 is 0 Å². The van der Waals surface area contributed by atoms with E-state index in [0.29, 0.717) is 25.2 Å². The van der Waals surface area contributed by atoms with E-state index < -0.39 is 0 Å². The average molecular weight is 392 g/mol. The highest BCUT2D eigenvalue weighted by Crippen LogP contribution is 2.26. The summed E-state index contributed by atoms with van der Waals surface area (Å²) in [6.45, 7) is 10.7. The first-order valence-electron chi connectivity index (χ1n) is 10.6. The fourth-order valence-corrected chi connectivity index (χ4v) is 5.75. The maximum Gasteiger partial charge on any atom is 0.227 e. The second-order valence-corrected chi connectivity index (χ2v) is 9.66. The monoisotopic (exact) mass is 391 g/mol. The standard InChI is InChI=1S/C21H33N3O2S/c1-17-4-5-20(27-17)16-22-9-6-19(7-10-22)24-8-2-3-18(15-24)21(25)23-11-13-26-14-12-23/h4-5,18-19H,2-3,6-16H2,1H3. The first kappa shape index (κ1) is 19.4. The molecule has 1 atom stereocenters. The zero-order chi connectivity index (χ0) is 18.6. The molecule has 4 rings (SSSR count). The molecule has 3 aliphatic heterocycles. The molecule has 0 spiro atoms. The Morgan fingerprint density at radius 3 is 2.59 bits per heavy atom. The van der Waals surface area contributed by atoms with Crippen molar-refractivity contribution in [1.82, 2.24) is 14.7 Å². The molecule has 4 heterocycles.